The van der Waals surface area contributed by atoms with Crippen LogP contribution in [0.25, 0.3) is 0 Å². The number of hydrogen-bond acceptors (Lipinski definition) is 2. The van der Waals surface area contributed by atoms with Gasteiger partial charge in [0.2, 0.25) is 0 Å². The lowest BCUT2D eigenvalue weighted by molar-refractivity contribution is 0.268. The van der Waals surface area contributed by atoms with Crippen molar-refractivity contribution in [3.8, 4) is 11.5 Å². The Morgan fingerprint density at radius 1 is 0.952 bits per heavy atom. The first-order valence-corrected chi connectivity index (χ1v) is 8.61. The smallest absolute Gasteiger partial charge is 0.161 e. The number of benzene rings is 1. The molecule has 2 unspecified atom stereocenters. The molecule has 0 spiro atoms. The summed E-state index contributed by atoms with van der Waals surface area (Å²) in [6.07, 6.45) is 4.12. The first kappa shape index (κ1) is 18.2. The molecular formula is C18H29ClO2. The number of rotatable bonds is 10. The molecule has 0 heterocycles. The summed E-state index contributed by atoms with van der Waals surface area (Å²) < 4.78 is 11.6. The molecule has 0 aliphatic heterocycles. The molecule has 0 bridgehead atoms. The zero-order chi connectivity index (χ0) is 15.7. The molecule has 0 saturated heterocycles. The van der Waals surface area contributed by atoms with Crippen molar-refractivity contribution in [2.45, 2.75) is 64.7 Å². The minimum absolute atomic E-state index is 0.163. The summed E-state index contributed by atoms with van der Waals surface area (Å²) >= 11 is 6.47. The predicted octanol–water partition coefficient (Wildman–Crippen LogP) is 5.78. The highest BCUT2D eigenvalue weighted by atomic mass is 35.5. The Morgan fingerprint density at radius 3 is 2.14 bits per heavy atom. The van der Waals surface area contributed by atoms with Crippen LogP contribution in [0.1, 0.15) is 64.9 Å². The van der Waals surface area contributed by atoms with Gasteiger partial charge in [0.05, 0.1) is 13.2 Å². The van der Waals surface area contributed by atoms with E-state index in [9.17, 15) is 0 Å². The standard InChI is InChI=1S/C18H29ClO2/c1-5-8-16(19)14(4)15-9-10-17(20-11-6-2)18(13-15)21-12-7-3/h9-10,13-14,16H,5-8,11-12H2,1-4H3. The molecule has 21 heavy (non-hydrogen) atoms. The van der Waals surface area contributed by atoms with Gasteiger partial charge in [0.25, 0.3) is 0 Å². The van der Waals surface area contributed by atoms with Crippen LogP contribution in [0.4, 0.5) is 0 Å². The summed E-state index contributed by atoms with van der Waals surface area (Å²) in [5, 5.41) is 0.163. The third-order valence-corrected chi connectivity index (χ3v) is 4.12. The first-order valence-electron chi connectivity index (χ1n) is 8.17. The topological polar surface area (TPSA) is 18.5 Å². The zero-order valence-corrected chi connectivity index (χ0v) is 14.6. The van der Waals surface area contributed by atoms with E-state index < -0.39 is 0 Å². The van der Waals surface area contributed by atoms with Gasteiger partial charge in [-0.1, -0.05) is 40.2 Å². The van der Waals surface area contributed by atoms with E-state index in [0.717, 1.165) is 37.2 Å². The van der Waals surface area contributed by atoms with Crippen molar-refractivity contribution in [3.63, 3.8) is 0 Å². The minimum Gasteiger partial charge on any atom is -0.490 e. The maximum absolute atomic E-state index is 6.47. The Balaban J connectivity index is 2.91. The SMILES string of the molecule is CCCOc1ccc(C(C)C(Cl)CCC)cc1OCCC. The molecule has 0 saturated carbocycles. The van der Waals surface area contributed by atoms with Crippen molar-refractivity contribution in [1.82, 2.24) is 0 Å². The Kier molecular flexibility index (Phi) is 8.60. The maximum atomic E-state index is 6.47. The van der Waals surface area contributed by atoms with Crippen molar-refractivity contribution in [1.29, 1.82) is 0 Å². The lowest BCUT2D eigenvalue weighted by Crippen LogP contribution is -2.10. The van der Waals surface area contributed by atoms with Crippen LogP contribution in [0, 0.1) is 0 Å². The highest BCUT2D eigenvalue weighted by Gasteiger charge is 2.17. The first-order chi connectivity index (χ1) is 10.1. The molecule has 0 aliphatic rings. The summed E-state index contributed by atoms with van der Waals surface area (Å²) in [5.41, 5.74) is 1.22. The van der Waals surface area contributed by atoms with Crippen LogP contribution in [-0.4, -0.2) is 18.6 Å². The van der Waals surface area contributed by atoms with E-state index in [1.807, 2.05) is 6.07 Å². The lowest BCUT2D eigenvalue weighted by atomic mass is 9.94. The fourth-order valence-electron chi connectivity index (χ4n) is 2.20. The van der Waals surface area contributed by atoms with E-state index in [0.29, 0.717) is 19.1 Å². The molecule has 0 aromatic heterocycles. The van der Waals surface area contributed by atoms with Gasteiger partial charge >= 0.3 is 0 Å². The van der Waals surface area contributed by atoms with Crippen LogP contribution in [0.15, 0.2) is 18.2 Å². The number of halogens is 1. The zero-order valence-electron chi connectivity index (χ0n) is 13.8. The molecule has 0 fully saturated rings. The second-order valence-electron chi connectivity index (χ2n) is 5.50. The predicted molar refractivity (Wildman–Crippen MR) is 91.0 cm³/mol. The molecule has 2 atom stereocenters. The van der Waals surface area contributed by atoms with Crippen molar-refractivity contribution < 1.29 is 9.47 Å². The lowest BCUT2D eigenvalue weighted by Gasteiger charge is -2.20. The van der Waals surface area contributed by atoms with Crippen molar-refractivity contribution in [2.75, 3.05) is 13.2 Å². The van der Waals surface area contributed by atoms with Gasteiger partial charge in [-0.05, 0) is 42.9 Å². The highest BCUT2D eigenvalue weighted by Crippen LogP contribution is 2.34. The average Bonchev–Trinajstić information content (AvgIpc) is 2.50. The van der Waals surface area contributed by atoms with Crippen molar-refractivity contribution in [2.24, 2.45) is 0 Å². The van der Waals surface area contributed by atoms with Gasteiger partial charge in [-0.15, -0.1) is 11.6 Å². The van der Waals surface area contributed by atoms with Crippen LogP contribution in [0.3, 0.4) is 0 Å². The molecule has 0 radical (unpaired) electrons. The van der Waals surface area contributed by atoms with Gasteiger partial charge < -0.3 is 9.47 Å². The van der Waals surface area contributed by atoms with E-state index in [1.165, 1.54) is 5.56 Å². The molecule has 0 amide bonds. The number of ether oxygens (including phenoxy) is 2. The molecule has 2 nitrogen and oxygen atoms in total. The highest BCUT2D eigenvalue weighted by molar-refractivity contribution is 6.21. The third-order valence-electron chi connectivity index (χ3n) is 3.52. The molecule has 0 aliphatic carbocycles. The minimum atomic E-state index is 0.163. The van der Waals surface area contributed by atoms with Crippen LogP contribution in [-0.2, 0) is 0 Å². The van der Waals surface area contributed by atoms with Gasteiger partial charge in [0.1, 0.15) is 0 Å². The van der Waals surface area contributed by atoms with E-state index in [4.69, 9.17) is 21.1 Å². The van der Waals surface area contributed by atoms with Gasteiger partial charge in [0.15, 0.2) is 11.5 Å². The maximum Gasteiger partial charge on any atom is 0.161 e. The van der Waals surface area contributed by atoms with Crippen LogP contribution < -0.4 is 9.47 Å². The summed E-state index contributed by atoms with van der Waals surface area (Å²) in [6, 6.07) is 6.22. The number of alkyl halides is 1. The summed E-state index contributed by atoms with van der Waals surface area (Å²) in [6.45, 7) is 9.98. The van der Waals surface area contributed by atoms with E-state index in [1.54, 1.807) is 0 Å². The summed E-state index contributed by atoms with van der Waals surface area (Å²) in [7, 11) is 0. The van der Waals surface area contributed by atoms with Crippen molar-refractivity contribution >= 4 is 11.6 Å². The molecular weight excluding hydrogens is 284 g/mol. The second-order valence-corrected chi connectivity index (χ2v) is 6.06. The fraction of sp³-hybridized carbons (Fsp3) is 0.667. The Labute approximate surface area is 134 Å². The van der Waals surface area contributed by atoms with E-state index >= 15 is 0 Å². The fourth-order valence-corrected chi connectivity index (χ4v) is 2.56. The Morgan fingerprint density at radius 2 is 1.57 bits per heavy atom. The van der Waals surface area contributed by atoms with Crippen LogP contribution >= 0.6 is 11.6 Å². The Hall–Kier alpha value is -0.890. The number of hydrogen-bond donors (Lipinski definition) is 0. The average molecular weight is 313 g/mol. The summed E-state index contributed by atoms with van der Waals surface area (Å²) in [5.74, 6) is 1.99. The van der Waals surface area contributed by atoms with E-state index in [2.05, 4.69) is 39.8 Å². The molecule has 3 heteroatoms. The molecule has 1 rings (SSSR count). The largest absolute Gasteiger partial charge is 0.490 e. The Bertz CT molecular complexity index is 406. The van der Waals surface area contributed by atoms with Gasteiger partial charge in [-0.2, -0.15) is 0 Å². The van der Waals surface area contributed by atoms with Gasteiger partial charge in [0, 0.05) is 5.38 Å². The third kappa shape index (κ3) is 5.78. The molecule has 1 aromatic rings. The second kappa shape index (κ2) is 9.94. The molecule has 1 aromatic carbocycles. The normalized spacial score (nSPS) is 13.8. The van der Waals surface area contributed by atoms with E-state index in [-0.39, 0.29) is 5.38 Å². The monoisotopic (exact) mass is 312 g/mol. The molecule has 0 N–H and O–H groups in total. The summed E-state index contributed by atoms with van der Waals surface area (Å²) in [4.78, 5) is 0. The quantitative estimate of drug-likeness (QED) is 0.510. The van der Waals surface area contributed by atoms with Crippen molar-refractivity contribution in [3.05, 3.63) is 23.8 Å². The van der Waals surface area contributed by atoms with Crippen LogP contribution in [0.5, 0.6) is 11.5 Å². The van der Waals surface area contributed by atoms with Crippen LogP contribution in [0.2, 0.25) is 0 Å². The molecule has 120 valence electrons. The van der Waals surface area contributed by atoms with Gasteiger partial charge in [-0.25, -0.2) is 0 Å². The van der Waals surface area contributed by atoms with Gasteiger partial charge in [-0.3, -0.25) is 0 Å².